The summed E-state index contributed by atoms with van der Waals surface area (Å²) in [5, 5.41) is 8.82. The molecule has 0 aromatic heterocycles. The molecule has 1 unspecified atom stereocenters. The maximum Gasteiger partial charge on any atom is 0.573 e. The highest BCUT2D eigenvalue weighted by Crippen LogP contribution is 2.31. The summed E-state index contributed by atoms with van der Waals surface area (Å²) in [5.41, 5.74) is -0.118. The maximum absolute atomic E-state index is 12.2. The molecule has 0 saturated heterocycles. The van der Waals surface area contributed by atoms with Crippen molar-refractivity contribution in [1.82, 2.24) is 4.90 Å². The molecule has 1 atom stereocenters. The van der Waals surface area contributed by atoms with E-state index in [0.29, 0.717) is 0 Å². The molecule has 0 heterocycles. The fraction of sp³-hybridized carbons (Fsp3) is 0.333. The van der Waals surface area contributed by atoms with Gasteiger partial charge in [-0.15, -0.1) is 13.2 Å². The number of amides is 1. The number of carbonyl (C=O) groups excluding carboxylic acids is 1. The number of nitrogens with zero attached hydrogens (tertiary/aromatic N) is 1. The highest BCUT2D eigenvalue weighted by atomic mass is 79.9. The maximum atomic E-state index is 12.2. The fourth-order valence-corrected chi connectivity index (χ4v) is 1.71. The molecule has 21 heavy (non-hydrogen) atoms. The Morgan fingerprint density at radius 2 is 1.95 bits per heavy atom. The van der Waals surface area contributed by atoms with Crippen LogP contribution in [0.25, 0.3) is 0 Å². The minimum absolute atomic E-state index is 0.0188. The van der Waals surface area contributed by atoms with Gasteiger partial charge in [-0.1, -0.05) is 0 Å². The minimum atomic E-state index is -4.90. The molecule has 1 aromatic carbocycles. The Morgan fingerprint density at radius 1 is 1.38 bits per heavy atom. The first-order valence-corrected chi connectivity index (χ1v) is 6.37. The van der Waals surface area contributed by atoms with E-state index in [-0.39, 0.29) is 10.0 Å². The summed E-state index contributed by atoms with van der Waals surface area (Å²) >= 11 is 2.88. The molecule has 9 heteroatoms. The lowest BCUT2D eigenvalue weighted by Crippen LogP contribution is -2.40. The second-order valence-electron chi connectivity index (χ2n) is 4.12. The van der Waals surface area contributed by atoms with E-state index in [4.69, 9.17) is 5.11 Å². The van der Waals surface area contributed by atoms with Crippen LogP contribution in [0, 0.1) is 0 Å². The molecular weight excluding hydrogens is 359 g/mol. The highest BCUT2D eigenvalue weighted by Gasteiger charge is 2.32. The Labute approximate surface area is 126 Å². The van der Waals surface area contributed by atoms with Crippen molar-refractivity contribution in [3.8, 4) is 5.75 Å². The fourth-order valence-electron chi connectivity index (χ4n) is 1.38. The zero-order valence-electron chi connectivity index (χ0n) is 10.9. The van der Waals surface area contributed by atoms with Crippen molar-refractivity contribution >= 4 is 27.8 Å². The molecule has 0 aliphatic rings. The van der Waals surface area contributed by atoms with Crippen LogP contribution in [-0.2, 0) is 4.79 Å². The van der Waals surface area contributed by atoms with Crippen LogP contribution in [-0.4, -0.2) is 41.3 Å². The first-order chi connectivity index (χ1) is 9.53. The minimum Gasteiger partial charge on any atom is -0.480 e. The van der Waals surface area contributed by atoms with Crippen molar-refractivity contribution in [2.75, 3.05) is 7.05 Å². The van der Waals surface area contributed by atoms with E-state index in [1.807, 2.05) is 0 Å². The first-order valence-electron chi connectivity index (χ1n) is 5.58. The Bertz CT molecular complexity index is 562. The highest BCUT2D eigenvalue weighted by molar-refractivity contribution is 9.10. The van der Waals surface area contributed by atoms with Gasteiger partial charge in [-0.3, -0.25) is 4.79 Å². The lowest BCUT2D eigenvalue weighted by Gasteiger charge is -2.22. The molecule has 0 fully saturated rings. The van der Waals surface area contributed by atoms with Crippen LogP contribution in [0.1, 0.15) is 17.3 Å². The van der Waals surface area contributed by atoms with Gasteiger partial charge in [0.25, 0.3) is 5.91 Å². The molecule has 1 aromatic rings. The zero-order valence-corrected chi connectivity index (χ0v) is 12.5. The van der Waals surface area contributed by atoms with E-state index in [0.717, 1.165) is 11.0 Å². The molecule has 0 bridgehead atoms. The van der Waals surface area contributed by atoms with Crippen molar-refractivity contribution in [2.24, 2.45) is 0 Å². The van der Waals surface area contributed by atoms with E-state index >= 15 is 0 Å². The number of halogens is 4. The quantitative estimate of drug-likeness (QED) is 0.885. The van der Waals surface area contributed by atoms with Gasteiger partial charge in [-0.05, 0) is 41.1 Å². The Kier molecular flexibility index (Phi) is 5.21. The number of carboxylic acid groups (broad SMARTS) is 1. The van der Waals surface area contributed by atoms with Gasteiger partial charge in [0.05, 0.1) is 4.47 Å². The molecule has 116 valence electrons. The Balaban J connectivity index is 3.06. The van der Waals surface area contributed by atoms with E-state index in [9.17, 15) is 22.8 Å². The molecule has 1 rings (SSSR count). The average Bonchev–Trinajstić information content (AvgIpc) is 2.37. The number of aliphatic carboxylic acids is 1. The molecular formula is C12H11BrF3NO4. The number of rotatable bonds is 4. The Morgan fingerprint density at radius 3 is 2.43 bits per heavy atom. The van der Waals surface area contributed by atoms with Crippen LogP contribution in [0.2, 0.25) is 0 Å². The van der Waals surface area contributed by atoms with Gasteiger partial charge in [0.2, 0.25) is 0 Å². The summed E-state index contributed by atoms with van der Waals surface area (Å²) in [5.74, 6) is -2.54. The van der Waals surface area contributed by atoms with Crippen molar-refractivity contribution < 1.29 is 32.6 Å². The molecule has 0 aliphatic carbocycles. The summed E-state index contributed by atoms with van der Waals surface area (Å²) in [7, 11) is 1.24. The third-order valence-electron chi connectivity index (χ3n) is 2.66. The second-order valence-corrected chi connectivity index (χ2v) is 4.98. The van der Waals surface area contributed by atoms with Gasteiger partial charge in [-0.25, -0.2) is 4.79 Å². The predicted molar refractivity (Wildman–Crippen MR) is 70.0 cm³/mol. The summed E-state index contributed by atoms with van der Waals surface area (Å²) in [6.45, 7) is 1.28. The van der Waals surface area contributed by atoms with Gasteiger partial charge in [0, 0.05) is 12.6 Å². The average molecular weight is 370 g/mol. The molecule has 1 amide bonds. The van der Waals surface area contributed by atoms with Gasteiger partial charge < -0.3 is 14.7 Å². The zero-order chi connectivity index (χ0) is 16.4. The second kappa shape index (κ2) is 6.33. The number of likely N-dealkylation sites (N-methyl/N-ethyl adjacent to an activating group) is 1. The molecule has 0 saturated carbocycles. The van der Waals surface area contributed by atoms with E-state index in [2.05, 4.69) is 20.7 Å². The van der Waals surface area contributed by atoms with Crippen molar-refractivity contribution in [3.63, 3.8) is 0 Å². The SMILES string of the molecule is CC(C(=O)O)N(C)C(=O)c1ccc(Br)c(OC(F)(F)F)c1. The Hall–Kier alpha value is -1.77. The van der Waals surface area contributed by atoms with Crippen LogP contribution >= 0.6 is 15.9 Å². The number of hydrogen-bond donors (Lipinski definition) is 1. The normalized spacial score (nSPS) is 12.7. The van der Waals surface area contributed by atoms with E-state index in [1.54, 1.807) is 0 Å². The number of ether oxygens (including phenoxy) is 1. The van der Waals surface area contributed by atoms with Crippen LogP contribution in [0.4, 0.5) is 13.2 Å². The summed E-state index contributed by atoms with van der Waals surface area (Å²) < 4.78 is 40.5. The standard InChI is InChI=1S/C12H11BrF3NO4/c1-6(11(19)20)17(2)10(18)7-3-4-8(13)9(5-7)21-12(14,15)16/h3-6H,1-2H3,(H,19,20). The smallest absolute Gasteiger partial charge is 0.480 e. The largest absolute Gasteiger partial charge is 0.573 e. The molecule has 0 radical (unpaired) electrons. The van der Waals surface area contributed by atoms with E-state index < -0.39 is 30.0 Å². The first kappa shape index (κ1) is 17.3. The van der Waals surface area contributed by atoms with Crippen LogP contribution in [0.5, 0.6) is 5.75 Å². The van der Waals surface area contributed by atoms with Crippen LogP contribution in [0.3, 0.4) is 0 Å². The van der Waals surface area contributed by atoms with Crippen molar-refractivity contribution in [2.45, 2.75) is 19.3 Å². The molecule has 1 N–H and O–H groups in total. The summed E-state index contributed by atoms with van der Waals surface area (Å²) in [4.78, 5) is 23.7. The van der Waals surface area contributed by atoms with Gasteiger partial charge in [0.15, 0.2) is 0 Å². The van der Waals surface area contributed by atoms with Crippen LogP contribution < -0.4 is 4.74 Å². The number of alkyl halides is 3. The number of hydrogen-bond acceptors (Lipinski definition) is 3. The molecule has 0 spiro atoms. The van der Waals surface area contributed by atoms with Crippen molar-refractivity contribution in [3.05, 3.63) is 28.2 Å². The molecule has 5 nitrogen and oxygen atoms in total. The lowest BCUT2D eigenvalue weighted by molar-refractivity contribution is -0.274. The summed E-state index contributed by atoms with van der Waals surface area (Å²) in [6, 6.07) is 2.26. The van der Waals surface area contributed by atoms with Gasteiger partial charge in [0.1, 0.15) is 11.8 Å². The number of carbonyl (C=O) groups is 2. The van der Waals surface area contributed by atoms with E-state index in [1.165, 1.54) is 26.1 Å². The monoisotopic (exact) mass is 369 g/mol. The summed E-state index contributed by atoms with van der Waals surface area (Å²) in [6.07, 6.45) is -4.90. The van der Waals surface area contributed by atoms with Crippen LogP contribution in [0.15, 0.2) is 22.7 Å². The third kappa shape index (κ3) is 4.62. The third-order valence-corrected chi connectivity index (χ3v) is 3.32. The number of benzene rings is 1. The van der Waals surface area contributed by atoms with Gasteiger partial charge >= 0.3 is 12.3 Å². The topological polar surface area (TPSA) is 66.8 Å². The van der Waals surface area contributed by atoms with Gasteiger partial charge in [-0.2, -0.15) is 0 Å². The molecule has 0 aliphatic heterocycles. The lowest BCUT2D eigenvalue weighted by atomic mass is 10.1. The number of carboxylic acids is 1. The predicted octanol–water partition coefficient (Wildman–Crippen LogP) is 2.89. The van der Waals surface area contributed by atoms with Crippen molar-refractivity contribution in [1.29, 1.82) is 0 Å².